The Balaban J connectivity index is 2.04. The van der Waals surface area contributed by atoms with Gasteiger partial charge in [-0.1, -0.05) is 39.2 Å². The second-order valence-electron chi connectivity index (χ2n) is 12.1. The second-order valence-corrected chi connectivity index (χ2v) is 12.1. The molecule has 7 heteroatoms. The number of carboxylic acid groups (broad SMARTS) is 1. The molecular formula is C28H46O7. The highest BCUT2D eigenvalue weighted by molar-refractivity contribution is 5.90. The fourth-order valence-corrected chi connectivity index (χ4v) is 6.90. The molecule has 0 radical (unpaired) electrons. The van der Waals surface area contributed by atoms with E-state index in [9.17, 15) is 19.5 Å². The normalized spacial score (nSPS) is 33.2. The number of aliphatic hydroxyl groups is 1. The molecule has 2 saturated carbocycles. The molecule has 200 valence electrons. The third-order valence-electron chi connectivity index (χ3n) is 8.65. The lowest BCUT2D eigenvalue weighted by Gasteiger charge is -2.61. The van der Waals surface area contributed by atoms with Crippen LogP contribution in [-0.2, 0) is 23.9 Å². The number of carboxylic acids is 1. The Kier molecular flexibility index (Phi) is 9.97. The Labute approximate surface area is 210 Å². The van der Waals surface area contributed by atoms with Crippen LogP contribution in [0.4, 0.5) is 0 Å². The molecule has 0 aromatic rings. The molecule has 2 aliphatic rings. The maximum absolute atomic E-state index is 12.2. The first kappa shape index (κ1) is 29.3. The fourth-order valence-electron chi connectivity index (χ4n) is 6.90. The summed E-state index contributed by atoms with van der Waals surface area (Å²) in [6.45, 7) is 13.0. The summed E-state index contributed by atoms with van der Waals surface area (Å²) in [5, 5.41) is 20.1. The SMILES string of the molecule is CC(C)=CC(=O)OCC1(C)CCCC2(C)C(CCC(C)CCOC(=O)CC(=O)O)C(C)(O)CCC12. The van der Waals surface area contributed by atoms with Gasteiger partial charge < -0.3 is 19.7 Å². The van der Waals surface area contributed by atoms with E-state index >= 15 is 0 Å². The highest BCUT2D eigenvalue weighted by atomic mass is 16.5. The van der Waals surface area contributed by atoms with Crippen molar-refractivity contribution in [2.24, 2.45) is 28.6 Å². The summed E-state index contributed by atoms with van der Waals surface area (Å²) in [7, 11) is 0. The van der Waals surface area contributed by atoms with Crippen LogP contribution in [0.1, 0.15) is 99.3 Å². The van der Waals surface area contributed by atoms with Crippen LogP contribution in [0, 0.1) is 28.6 Å². The number of rotatable bonds is 11. The van der Waals surface area contributed by atoms with Crippen LogP contribution in [0.3, 0.4) is 0 Å². The number of hydrogen-bond donors (Lipinski definition) is 2. The Hall–Kier alpha value is -1.89. The van der Waals surface area contributed by atoms with Gasteiger partial charge in [-0.2, -0.15) is 0 Å². The second kappa shape index (κ2) is 11.9. The van der Waals surface area contributed by atoms with Crippen LogP contribution in [0.5, 0.6) is 0 Å². The number of aliphatic carboxylic acids is 1. The molecule has 2 fully saturated rings. The molecule has 0 aromatic carbocycles. The van der Waals surface area contributed by atoms with Gasteiger partial charge in [0.2, 0.25) is 0 Å². The molecule has 6 unspecified atom stereocenters. The van der Waals surface area contributed by atoms with Gasteiger partial charge in [-0.3, -0.25) is 9.59 Å². The van der Waals surface area contributed by atoms with Gasteiger partial charge in [-0.15, -0.1) is 0 Å². The largest absolute Gasteiger partial charge is 0.481 e. The number of fused-ring (bicyclic) bond motifs is 1. The van der Waals surface area contributed by atoms with Crippen molar-refractivity contribution < 1.29 is 34.1 Å². The van der Waals surface area contributed by atoms with Crippen LogP contribution in [0.25, 0.3) is 0 Å². The Bertz CT molecular complexity index is 797. The summed E-state index contributed by atoms with van der Waals surface area (Å²) < 4.78 is 10.8. The molecule has 2 N–H and O–H groups in total. The van der Waals surface area contributed by atoms with Crippen molar-refractivity contribution in [2.45, 2.75) is 105 Å². The molecule has 2 aliphatic carbocycles. The highest BCUT2D eigenvalue weighted by Crippen LogP contribution is 2.63. The smallest absolute Gasteiger partial charge is 0.330 e. The van der Waals surface area contributed by atoms with E-state index in [1.54, 1.807) is 6.08 Å². The van der Waals surface area contributed by atoms with Gasteiger partial charge in [0.1, 0.15) is 6.42 Å². The van der Waals surface area contributed by atoms with E-state index in [4.69, 9.17) is 14.6 Å². The van der Waals surface area contributed by atoms with Crippen LogP contribution in [-0.4, -0.2) is 46.9 Å². The first-order chi connectivity index (χ1) is 16.2. The minimum atomic E-state index is -1.18. The predicted molar refractivity (Wildman–Crippen MR) is 134 cm³/mol. The van der Waals surface area contributed by atoms with E-state index in [1.807, 2.05) is 20.8 Å². The lowest BCUT2D eigenvalue weighted by Crippen LogP contribution is -2.59. The van der Waals surface area contributed by atoms with Gasteiger partial charge in [-0.05, 0) is 82.5 Å². The minimum Gasteiger partial charge on any atom is -0.481 e. The number of carbonyl (C=O) groups is 3. The topological polar surface area (TPSA) is 110 Å². The van der Waals surface area contributed by atoms with Gasteiger partial charge in [-0.25, -0.2) is 4.79 Å². The van der Waals surface area contributed by atoms with Crippen LogP contribution in [0.2, 0.25) is 0 Å². The number of carbonyl (C=O) groups excluding carboxylic acids is 2. The molecule has 0 bridgehead atoms. The van der Waals surface area contributed by atoms with E-state index < -0.39 is 24.0 Å². The van der Waals surface area contributed by atoms with E-state index in [0.29, 0.717) is 18.9 Å². The third kappa shape index (κ3) is 7.80. The van der Waals surface area contributed by atoms with Crippen LogP contribution >= 0.6 is 0 Å². The third-order valence-corrected chi connectivity index (χ3v) is 8.65. The van der Waals surface area contributed by atoms with Crippen molar-refractivity contribution in [3.63, 3.8) is 0 Å². The van der Waals surface area contributed by atoms with Crippen LogP contribution < -0.4 is 0 Å². The van der Waals surface area contributed by atoms with Crippen molar-refractivity contribution in [1.29, 1.82) is 0 Å². The first-order valence-electron chi connectivity index (χ1n) is 13.1. The van der Waals surface area contributed by atoms with Crippen molar-refractivity contribution in [3.8, 4) is 0 Å². The monoisotopic (exact) mass is 494 g/mol. The maximum Gasteiger partial charge on any atom is 0.330 e. The average Bonchev–Trinajstić information content (AvgIpc) is 2.70. The summed E-state index contributed by atoms with van der Waals surface area (Å²) in [4.78, 5) is 34.3. The zero-order valence-corrected chi connectivity index (χ0v) is 22.5. The van der Waals surface area contributed by atoms with Crippen molar-refractivity contribution in [2.75, 3.05) is 13.2 Å². The molecule has 0 spiro atoms. The van der Waals surface area contributed by atoms with Gasteiger partial charge in [0.25, 0.3) is 0 Å². The molecule has 35 heavy (non-hydrogen) atoms. The number of hydrogen-bond acceptors (Lipinski definition) is 6. The van der Waals surface area contributed by atoms with Gasteiger partial charge in [0.15, 0.2) is 0 Å². The van der Waals surface area contributed by atoms with E-state index in [-0.39, 0.29) is 35.2 Å². The van der Waals surface area contributed by atoms with Crippen molar-refractivity contribution in [3.05, 3.63) is 11.6 Å². The molecule has 2 rings (SSSR count). The summed E-state index contributed by atoms with van der Waals surface area (Å²) in [6, 6.07) is 0. The molecule has 0 amide bonds. The lowest BCUT2D eigenvalue weighted by atomic mass is 9.45. The molecule has 0 saturated heterocycles. The standard InChI is InChI=1S/C28H46O7/c1-19(2)16-24(31)35-18-26(4)12-7-13-27(5)21(26)10-14-28(6,33)22(27)9-8-20(3)11-15-34-25(32)17-23(29)30/h16,20-22,33H,7-15,17-18H2,1-6H3,(H,29,30). The molecule has 0 aliphatic heterocycles. The molecule has 6 atom stereocenters. The highest BCUT2D eigenvalue weighted by Gasteiger charge is 2.59. The van der Waals surface area contributed by atoms with E-state index in [1.165, 1.54) is 0 Å². The van der Waals surface area contributed by atoms with Crippen molar-refractivity contribution >= 4 is 17.9 Å². The van der Waals surface area contributed by atoms with E-state index in [2.05, 4.69) is 20.8 Å². The predicted octanol–water partition coefficient (Wildman–Crippen LogP) is 5.29. The van der Waals surface area contributed by atoms with Gasteiger partial charge >= 0.3 is 17.9 Å². The number of allylic oxidation sites excluding steroid dienone is 1. The van der Waals surface area contributed by atoms with E-state index in [0.717, 1.165) is 50.5 Å². The zero-order chi connectivity index (χ0) is 26.4. The minimum absolute atomic E-state index is 0.0503. The maximum atomic E-state index is 12.2. The zero-order valence-electron chi connectivity index (χ0n) is 22.5. The first-order valence-corrected chi connectivity index (χ1v) is 13.1. The summed E-state index contributed by atoms with van der Waals surface area (Å²) in [5.74, 6) is -1.40. The van der Waals surface area contributed by atoms with Crippen molar-refractivity contribution in [1.82, 2.24) is 0 Å². The van der Waals surface area contributed by atoms with Crippen LogP contribution in [0.15, 0.2) is 11.6 Å². The quantitative estimate of drug-likeness (QED) is 0.228. The van der Waals surface area contributed by atoms with Gasteiger partial charge in [0, 0.05) is 11.5 Å². The Morgan fingerprint density at radius 3 is 2.37 bits per heavy atom. The lowest BCUT2D eigenvalue weighted by molar-refractivity contribution is -0.186. The Morgan fingerprint density at radius 2 is 1.74 bits per heavy atom. The fraction of sp³-hybridized carbons (Fsp3) is 0.821. The Morgan fingerprint density at radius 1 is 1.06 bits per heavy atom. The average molecular weight is 495 g/mol. The molecule has 7 nitrogen and oxygen atoms in total. The number of ether oxygens (including phenoxy) is 2. The summed E-state index contributed by atoms with van der Waals surface area (Å²) in [5.41, 5.74) is 0.00570. The molecule has 0 aromatic heterocycles. The van der Waals surface area contributed by atoms with Gasteiger partial charge in [0.05, 0.1) is 18.8 Å². The molecular weight excluding hydrogens is 448 g/mol. The molecule has 0 heterocycles. The number of esters is 2. The summed E-state index contributed by atoms with van der Waals surface area (Å²) in [6.07, 6.45) is 8.14. The summed E-state index contributed by atoms with van der Waals surface area (Å²) >= 11 is 0.